The largest absolute Gasteiger partial charge is 0.288 e. The van der Waals surface area contributed by atoms with E-state index in [4.69, 9.17) is 11.6 Å². The maximum absolute atomic E-state index is 11.9. The van der Waals surface area contributed by atoms with Gasteiger partial charge in [0.25, 0.3) is 5.24 Å². The van der Waals surface area contributed by atoms with Crippen LogP contribution in [-0.4, -0.2) is 48.3 Å². The fraction of sp³-hybridized carbons (Fsp3) is 0.300. The molecule has 0 unspecified atom stereocenters. The number of amides is 2. The second-order valence-corrected chi connectivity index (χ2v) is 6.90. The highest BCUT2D eigenvalue weighted by atomic mass is 35.5. The zero-order valence-electron chi connectivity index (χ0n) is 10.1. The molecule has 108 valence electrons. The van der Waals surface area contributed by atoms with Crippen LogP contribution in [0.4, 0.5) is 4.79 Å². The SMILES string of the molecule is O=C1CSC(=O)N1CCNS(=O)(=O)c1ccc(Cl)nc1. The molecule has 1 aliphatic heterocycles. The van der Waals surface area contributed by atoms with Crippen LogP contribution in [0.1, 0.15) is 0 Å². The van der Waals surface area contributed by atoms with Crippen LogP contribution in [0.5, 0.6) is 0 Å². The molecule has 0 aliphatic carbocycles. The van der Waals surface area contributed by atoms with Crippen LogP contribution in [0.15, 0.2) is 23.2 Å². The third kappa shape index (κ3) is 3.48. The first-order valence-electron chi connectivity index (χ1n) is 5.48. The number of rotatable bonds is 5. The van der Waals surface area contributed by atoms with Crippen molar-refractivity contribution in [3.63, 3.8) is 0 Å². The number of carbonyl (C=O) groups is 2. The summed E-state index contributed by atoms with van der Waals surface area (Å²) in [6.07, 6.45) is 1.13. The summed E-state index contributed by atoms with van der Waals surface area (Å²) in [6, 6.07) is 2.68. The Labute approximate surface area is 124 Å². The van der Waals surface area contributed by atoms with Gasteiger partial charge in [-0.3, -0.25) is 14.5 Å². The van der Waals surface area contributed by atoms with Crippen molar-refractivity contribution in [3.05, 3.63) is 23.5 Å². The fourth-order valence-electron chi connectivity index (χ4n) is 1.49. The van der Waals surface area contributed by atoms with Crippen molar-refractivity contribution in [1.82, 2.24) is 14.6 Å². The zero-order valence-corrected chi connectivity index (χ0v) is 12.5. The van der Waals surface area contributed by atoms with Crippen molar-refractivity contribution in [3.8, 4) is 0 Å². The molecule has 1 N–H and O–H groups in total. The Morgan fingerprint density at radius 1 is 1.40 bits per heavy atom. The molecule has 1 fully saturated rings. The van der Waals surface area contributed by atoms with E-state index in [0.717, 1.165) is 22.9 Å². The lowest BCUT2D eigenvalue weighted by Gasteiger charge is -2.13. The molecule has 2 rings (SSSR count). The van der Waals surface area contributed by atoms with Crippen LogP contribution < -0.4 is 4.72 Å². The molecule has 0 radical (unpaired) electrons. The lowest BCUT2D eigenvalue weighted by atomic mass is 10.5. The van der Waals surface area contributed by atoms with Crippen molar-refractivity contribution in [2.45, 2.75) is 4.90 Å². The number of hydrogen-bond donors (Lipinski definition) is 1. The molecule has 20 heavy (non-hydrogen) atoms. The maximum Gasteiger partial charge on any atom is 0.288 e. The number of thioether (sulfide) groups is 1. The van der Waals surface area contributed by atoms with Crippen molar-refractivity contribution in [2.75, 3.05) is 18.8 Å². The summed E-state index contributed by atoms with van der Waals surface area (Å²) in [4.78, 5) is 27.3. The highest BCUT2D eigenvalue weighted by molar-refractivity contribution is 8.14. The minimum atomic E-state index is -3.73. The predicted molar refractivity (Wildman–Crippen MR) is 74.0 cm³/mol. The Kier molecular flexibility index (Phi) is 4.63. The van der Waals surface area contributed by atoms with Gasteiger partial charge in [-0.2, -0.15) is 0 Å². The first-order chi connectivity index (χ1) is 9.40. The summed E-state index contributed by atoms with van der Waals surface area (Å²) >= 11 is 6.48. The number of pyridine rings is 1. The molecule has 0 atom stereocenters. The highest BCUT2D eigenvalue weighted by Crippen LogP contribution is 2.18. The van der Waals surface area contributed by atoms with E-state index in [-0.39, 0.29) is 40.0 Å². The zero-order chi connectivity index (χ0) is 14.8. The molecule has 1 saturated heterocycles. The quantitative estimate of drug-likeness (QED) is 0.796. The van der Waals surface area contributed by atoms with Crippen molar-refractivity contribution in [1.29, 1.82) is 0 Å². The maximum atomic E-state index is 11.9. The van der Waals surface area contributed by atoms with E-state index in [0.29, 0.717) is 0 Å². The van der Waals surface area contributed by atoms with Gasteiger partial charge in [-0.25, -0.2) is 18.1 Å². The Balaban J connectivity index is 1.94. The van der Waals surface area contributed by atoms with Crippen molar-refractivity contribution < 1.29 is 18.0 Å². The minimum Gasteiger partial charge on any atom is -0.273 e. The van der Waals surface area contributed by atoms with Gasteiger partial charge in [0.15, 0.2) is 0 Å². The van der Waals surface area contributed by atoms with Gasteiger partial charge >= 0.3 is 0 Å². The van der Waals surface area contributed by atoms with Gasteiger partial charge in [0.2, 0.25) is 15.9 Å². The normalized spacial score (nSPS) is 15.9. The number of carbonyl (C=O) groups excluding carboxylic acids is 2. The second kappa shape index (κ2) is 6.08. The standard InChI is InChI=1S/C10H10ClN3O4S2/c11-8-2-1-7(5-12-8)20(17,18)13-3-4-14-9(15)6-19-10(14)16/h1-2,5,13H,3-4,6H2. The Morgan fingerprint density at radius 2 is 2.15 bits per heavy atom. The van der Waals surface area contributed by atoms with Gasteiger partial charge in [0, 0.05) is 19.3 Å². The Bertz CT molecular complexity index is 616. The first kappa shape index (κ1) is 15.2. The molecular formula is C10H10ClN3O4S2. The summed E-state index contributed by atoms with van der Waals surface area (Å²) in [5.41, 5.74) is 0. The van der Waals surface area contributed by atoms with E-state index in [2.05, 4.69) is 9.71 Å². The van der Waals surface area contributed by atoms with Crippen LogP contribution in [0.25, 0.3) is 0 Å². The van der Waals surface area contributed by atoms with E-state index >= 15 is 0 Å². The van der Waals surface area contributed by atoms with Crippen LogP contribution in [-0.2, 0) is 14.8 Å². The molecule has 2 amide bonds. The molecule has 0 bridgehead atoms. The fourth-order valence-corrected chi connectivity index (χ4v) is 3.32. The van der Waals surface area contributed by atoms with Gasteiger partial charge in [0.05, 0.1) is 5.75 Å². The molecule has 1 aromatic rings. The number of hydrogen-bond acceptors (Lipinski definition) is 6. The summed E-state index contributed by atoms with van der Waals surface area (Å²) in [5, 5.41) is -0.170. The minimum absolute atomic E-state index is 0.00488. The van der Waals surface area contributed by atoms with E-state index in [9.17, 15) is 18.0 Å². The molecule has 1 aromatic heterocycles. The van der Waals surface area contributed by atoms with Gasteiger partial charge in [-0.15, -0.1) is 0 Å². The number of halogens is 1. The van der Waals surface area contributed by atoms with Gasteiger partial charge in [-0.05, 0) is 12.1 Å². The third-order valence-electron chi connectivity index (χ3n) is 2.48. The van der Waals surface area contributed by atoms with Crippen molar-refractivity contribution in [2.24, 2.45) is 0 Å². The lowest BCUT2D eigenvalue weighted by Crippen LogP contribution is -2.37. The van der Waals surface area contributed by atoms with Crippen LogP contribution in [0, 0.1) is 0 Å². The van der Waals surface area contributed by atoms with Gasteiger partial charge in [-0.1, -0.05) is 23.4 Å². The van der Waals surface area contributed by atoms with Gasteiger partial charge < -0.3 is 0 Å². The summed E-state index contributed by atoms with van der Waals surface area (Å²) < 4.78 is 26.1. The summed E-state index contributed by atoms with van der Waals surface area (Å²) in [6.45, 7) is -0.0477. The van der Waals surface area contributed by atoms with Crippen LogP contribution >= 0.6 is 23.4 Å². The molecular weight excluding hydrogens is 326 g/mol. The number of nitrogens with one attached hydrogen (secondary N) is 1. The molecule has 1 aliphatic rings. The van der Waals surface area contributed by atoms with Gasteiger partial charge in [0.1, 0.15) is 10.0 Å². The number of nitrogens with zero attached hydrogens (tertiary/aromatic N) is 2. The summed E-state index contributed by atoms with van der Waals surface area (Å²) in [5.74, 6) is -0.209. The van der Waals surface area contributed by atoms with E-state index < -0.39 is 10.0 Å². The van der Waals surface area contributed by atoms with E-state index in [1.54, 1.807) is 0 Å². The Hall–Kier alpha value is -1.16. The predicted octanol–water partition coefficient (Wildman–Crippen LogP) is 0.709. The number of aromatic nitrogens is 1. The van der Waals surface area contributed by atoms with E-state index in [1.807, 2.05) is 0 Å². The topological polar surface area (TPSA) is 96.4 Å². The molecule has 0 spiro atoms. The monoisotopic (exact) mass is 335 g/mol. The molecule has 0 saturated carbocycles. The molecule has 0 aromatic carbocycles. The van der Waals surface area contributed by atoms with Crippen LogP contribution in [0.2, 0.25) is 5.15 Å². The molecule has 7 nitrogen and oxygen atoms in total. The Morgan fingerprint density at radius 3 is 2.70 bits per heavy atom. The third-order valence-corrected chi connectivity index (χ3v) is 5.01. The number of sulfonamides is 1. The molecule has 10 heteroatoms. The smallest absolute Gasteiger partial charge is 0.273 e. The van der Waals surface area contributed by atoms with Crippen molar-refractivity contribution >= 4 is 44.5 Å². The van der Waals surface area contributed by atoms with Crippen LogP contribution in [0.3, 0.4) is 0 Å². The average Bonchev–Trinajstić information content (AvgIpc) is 2.71. The average molecular weight is 336 g/mol. The second-order valence-electron chi connectivity index (χ2n) is 3.81. The first-order valence-corrected chi connectivity index (χ1v) is 8.33. The lowest BCUT2D eigenvalue weighted by molar-refractivity contribution is -0.124. The highest BCUT2D eigenvalue weighted by Gasteiger charge is 2.29. The van der Waals surface area contributed by atoms with E-state index in [1.165, 1.54) is 12.1 Å². The molecule has 2 heterocycles. The number of imide groups is 1. The summed E-state index contributed by atoms with van der Waals surface area (Å²) in [7, 11) is -3.73.